The van der Waals surface area contributed by atoms with Gasteiger partial charge in [-0.25, -0.2) is 9.97 Å². The Morgan fingerprint density at radius 2 is 2.13 bits per heavy atom. The van der Waals surface area contributed by atoms with Crippen LogP contribution >= 0.6 is 11.9 Å². The number of nitrogens with one attached hydrogen (secondary N) is 1. The quantitative estimate of drug-likeness (QED) is 0.559. The van der Waals surface area contributed by atoms with Gasteiger partial charge in [0.2, 0.25) is 0 Å². The van der Waals surface area contributed by atoms with E-state index in [9.17, 15) is 0 Å². The molecule has 1 aliphatic heterocycles. The molecule has 3 heterocycles. The molecule has 2 aliphatic rings. The first kappa shape index (κ1) is 19.8. The molecule has 158 valence electrons. The zero-order valence-corrected chi connectivity index (χ0v) is 18.5. The molecule has 3 N–H and O–H groups in total. The van der Waals surface area contributed by atoms with E-state index in [1.54, 1.807) is 18.3 Å². The molecular weight excluding hydrogens is 392 g/mol. The van der Waals surface area contributed by atoms with E-state index in [1.807, 2.05) is 6.26 Å². The Hall–Kier alpha value is -2.09. The van der Waals surface area contributed by atoms with E-state index < -0.39 is 0 Å². The van der Waals surface area contributed by atoms with Gasteiger partial charge in [0.05, 0.1) is 5.39 Å². The maximum atomic E-state index is 6.33. The Morgan fingerprint density at radius 1 is 1.27 bits per heavy atom. The predicted octanol–water partition coefficient (Wildman–Crippen LogP) is 4.09. The first-order valence-corrected chi connectivity index (χ1v) is 12.1. The van der Waals surface area contributed by atoms with E-state index in [0.717, 1.165) is 35.1 Å². The van der Waals surface area contributed by atoms with E-state index in [1.165, 1.54) is 43.5 Å². The van der Waals surface area contributed by atoms with Gasteiger partial charge >= 0.3 is 0 Å². The first-order chi connectivity index (χ1) is 14.6. The van der Waals surface area contributed by atoms with Crippen LogP contribution in [0.15, 0.2) is 36.8 Å². The van der Waals surface area contributed by atoms with Crippen molar-refractivity contribution in [2.75, 3.05) is 25.1 Å². The molecule has 0 spiro atoms. The summed E-state index contributed by atoms with van der Waals surface area (Å²) in [5, 5.41) is 0.979. The van der Waals surface area contributed by atoms with Gasteiger partial charge < -0.3 is 15.2 Å². The molecule has 1 unspecified atom stereocenters. The van der Waals surface area contributed by atoms with E-state index in [0.29, 0.717) is 11.9 Å². The largest absolute Gasteiger partial charge is 0.383 e. The molecule has 0 amide bonds. The Morgan fingerprint density at radius 3 is 2.87 bits per heavy atom. The number of likely N-dealkylation sites (tertiary alicyclic amines) is 1. The molecule has 2 fully saturated rings. The fourth-order valence-electron chi connectivity index (χ4n) is 4.86. The number of fused-ring (bicyclic) bond motifs is 1. The molecule has 0 bridgehead atoms. The van der Waals surface area contributed by atoms with Gasteiger partial charge in [-0.2, -0.15) is 0 Å². The summed E-state index contributed by atoms with van der Waals surface area (Å²) >= 11 is 1.63. The van der Waals surface area contributed by atoms with E-state index in [4.69, 9.17) is 5.73 Å². The lowest BCUT2D eigenvalue weighted by Crippen LogP contribution is -2.49. The Bertz CT molecular complexity index is 1040. The third-order valence-corrected chi connectivity index (χ3v) is 7.28. The van der Waals surface area contributed by atoms with Crippen LogP contribution in [-0.4, -0.2) is 44.8 Å². The van der Waals surface area contributed by atoms with Gasteiger partial charge in [0.1, 0.15) is 17.8 Å². The van der Waals surface area contributed by atoms with Crippen molar-refractivity contribution in [3.63, 3.8) is 0 Å². The van der Waals surface area contributed by atoms with Gasteiger partial charge in [0, 0.05) is 36.9 Å². The van der Waals surface area contributed by atoms with Crippen LogP contribution in [0.4, 0.5) is 5.82 Å². The second-order valence-electron chi connectivity index (χ2n) is 8.76. The summed E-state index contributed by atoms with van der Waals surface area (Å²) < 4.78 is 5.68. The molecule has 6 nitrogen and oxygen atoms in total. The van der Waals surface area contributed by atoms with Crippen LogP contribution in [0, 0.1) is 5.92 Å². The highest BCUT2D eigenvalue weighted by Crippen LogP contribution is 2.43. The zero-order valence-electron chi connectivity index (χ0n) is 17.7. The molecule has 1 saturated carbocycles. The lowest BCUT2D eigenvalue weighted by Gasteiger charge is -2.45. The summed E-state index contributed by atoms with van der Waals surface area (Å²) in [7, 11) is 0. The van der Waals surface area contributed by atoms with Gasteiger partial charge in [-0.05, 0) is 62.1 Å². The summed E-state index contributed by atoms with van der Waals surface area (Å²) in [6, 6.07) is 9.93. The highest BCUT2D eigenvalue weighted by Gasteiger charge is 2.36. The monoisotopic (exact) mass is 422 g/mol. The Kier molecular flexibility index (Phi) is 5.43. The molecule has 5 rings (SSSR count). The average molecular weight is 423 g/mol. The number of hydrogen-bond donors (Lipinski definition) is 2. The lowest BCUT2D eigenvalue weighted by molar-refractivity contribution is 0.0481. The molecule has 7 heteroatoms. The van der Waals surface area contributed by atoms with Crippen molar-refractivity contribution < 1.29 is 0 Å². The van der Waals surface area contributed by atoms with Crippen molar-refractivity contribution in [3.05, 3.63) is 42.4 Å². The number of aromatic nitrogens is 3. The summed E-state index contributed by atoms with van der Waals surface area (Å²) in [6.45, 7) is 5.68. The summed E-state index contributed by atoms with van der Waals surface area (Å²) in [6.07, 6.45) is 9.67. The van der Waals surface area contributed by atoms with Crippen LogP contribution in [0.5, 0.6) is 0 Å². The normalized spacial score (nSPS) is 24.0. The van der Waals surface area contributed by atoms with Gasteiger partial charge in [-0.1, -0.05) is 30.1 Å². The van der Waals surface area contributed by atoms with E-state index in [2.05, 4.69) is 61.5 Å². The van der Waals surface area contributed by atoms with Crippen molar-refractivity contribution in [2.45, 2.75) is 44.8 Å². The highest BCUT2D eigenvalue weighted by molar-refractivity contribution is 7.96. The van der Waals surface area contributed by atoms with Gasteiger partial charge in [-0.3, -0.25) is 4.72 Å². The van der Waals surface area contributed by atoms with E-state index in [-0.39, 0.29) is 0 Å². The molecule has 1 aromatic carbocycles. The van der Waals surface area contributed by atoms with Crippen LogP contribution in [0.2, 0.25) is 0 Å². The fraction of sp³-hybridized carbons (Fsp3) is 0.478. The molecule has 1 aliphatic carbocycles. The van der Waals surface area contributed by atoms with Crippen molar-refractivity contribution in [1.29, 1.82) is 0 Å². The van der Waals surface area contributed by atoms with Crippen molar-refractivity contribution in [2.24, 2.45) is 5.92 Å². The number of hydrogen-bond acceptors (Lipinski definition) is 6. The Balaban J connectivity index is 1.43. The van der Waals surface area contributed by atoms with Crippen LogP contribution in [0.25, 0.3) is 22.2 Å². The SMILES string of the molecule is CSNCc1cccc(-c2cn(C3CC(CN4CCC4C)C3)c3ncnc(N)c23)c1. The molecule has 3 aromatic rings. The van der Waals surface area contributed by atoms with E-state index >= 15 is 0 Å². The number of nitrogen functional groups attached to an aromatic ring is 1. The highest BCUT2D eigenvalue weighted by atomic mass is 32.2. The summed E-state index contributed by atoms with van der Waals surface area (Å²) in [5.74, 6) is 1.35. The lowest BCUT2D eigenvalue weighted by atomic mass is 9.79. The van der Waals surface area contributed by atoms with Crippen LogP contribution in [0.3, 0.4) is 0 Å². The molecule has 0 radical (unpaired) electrons. The van der Waals surface area contributed by atoms with Crippen LogP contribution < -0.4 is 10.5 Å². The second-order valence-corrected chi connectivity index (χ2v) is 9.45. The van der Waals surface area contributed by atoms with Gasteiger partial charge in [0.25, 0.3) is 0 Å². The molecule has 2 aromatic heterocycles. The fourth-order valence-corrected chi connectivity index (χ4v) is 5.17. The maximum absolute atomic E-state index is 6.33. The summed E-state index contributed by atoms with van der Waals surface area (Å²) in [4.78, 5) is 11.5. The minimum Gasteiger partial charge on any atom is -0.383 e. The number of nitrogens with zero attached hydrogens (tertiary/aromatic N) is 4. The molecular formula is C23H30N6S. The maximum Gasteiger partial charge on any atom is 0.146 e. The summed E-state index contributed by atoms with van der Waals surface area (Å²) in [5.41, 5.74) is 10.9. The second kappa shape index (κ2) is 8.21. The molecule has 30 heavy (non-hydrogen) atoms. The third-order valence-electron chi connectivity index (χ3n) is 6.85. The third kappa shape index (κ3) is 3.59. The topological polar surface area (TPSA) is 72.0 Å². The van der Waals surface area contributed by atoms with Crippen LogP contribution in [-0.2, 0) is 6.54 Å². The zero-order chi connectivity index (χ0) is 20.7. The molecule has 1 saturated heterocycles. The number of rotatable bonds is 7. The smallest absolute Gasteiger partial charge is 0.146 e. The number of nitrogens with two attached hydrogens (primary N) is 1. The first-order valence-electron chi connectivity index (χ1n) is 10.8. The van der Waals surface area contributed by atoms with Crippen molar-refractivity contribution >= 4 is 28.8 Å². The Labute approximate surface area is 182 Å². The number of benzene rings is 1. The van der Waals surface area contributed by atoms with Crippen molar-refractivity contribution in [1.82, 2.24) is 24.2 Å². The minimum absolute atomic E-state index is 0.499. The van der Waals surface area contributed by atoms with Crippen LogP contribution in [0.1, 0.15) is 37.8 Å². The van der Waals surface area contributed by atoms with Gasteiger partial charge in [-0.15, -0.1) is 0 Å². The van der Waals surface area contributed by atoms with Crippen molar-refractivity contribution in [3.8, 4) is 11.1 Å². The standard InChI is InChI=1S/C23H30N6S/c1-15-6-7-28(15)12-17-9-19(10-17)29-13-20(21-22(24)25-14-26-23(21)29)18-5-3-4-16(8-18)11-27-30-2/h3-5,8,13-15,17,19,27H,6-7,9-12H2,1-2H3,(H2,24,25,26). The number of anilines is 1. The average Bonchev–Trinajstić information content (AvgIpc) is 3.11. The van der Waals surface area contributed by atoms with Gasteiger partial charge in [0.15, 0.2) is 0 Å². The molecule has 1 atom stereocenters. The predicted molar refractivity (Wildman–Crippen MR) is 125 cm³/mol. The minimum atomic E-state index is 0.499.